The minimum absolute atomic E-state index is 0.106. The van der Waals surface area contributed by atoms with Gasteiger partial charge in [-0.15, -0.1) is 0 Å². The largest absolute Gasteiger partial charge is 0.482 e. The molecule has 23 heavy (non-hydrogen) atoms. The fourth-order valence-corrected chi connectivity index (χ4v) is 2.18. The van der Waals surface area contributed by atoms with Crippen molar-refractivity contribution in [1.82, 2.24) is 9.97 Å². The van der Waals surface area contributed by atoms with Crippen LogP contribution in [0.4, 0.5) is 5.69 Å². The molecule has 0 unspecified atom stereocenters. The Morgan fingerprint density at radius 3 is 2.74 bits per heavy atom. The normalized spacial score (nSPS) is 10.5. The average molecular weight is 312 g/mol. The van der Waals surface area contributed by atoms with E-state index in [9.17, 15) is 9.70 Å². The summed E-state index contributed by atoms with van der Waals surface area (Å²) in [5.41, 5.74) is 1.15. The summed E-state index contributed by atoms with van der Waals surface area (Å²) >= 11 is 0. The Morgan fingerprint density at radius 1 is 1.22 bits per heavy atom. The van der Waals surface area contributed by atoms with Crippen LogP contribution in [0.3, 0.4) is 0 Å². The Bertz CT molecular complexity index is 906. The Morgan fingerprint density at radius 2 is 2.00 bits per heavy atom. The van der Waals surface area contributed by atoms with E-state index in [1.54, 1.807) is 6.07 Å². The summed E-state index contributed by atoms with van der Waals surface area (Å²) in [6.07, 6.45) is 1.30. The molecule has 3 rings (SSSR count). The molecule has 0 saturated carbocycles. The Kier molecular flexibility index (Phi) is 4.01. The Labute approximate surface area is 131 Å². The Balaban J connectivity index is 2.03. The lowest BCUT2D eigenvalue weighted by atomic mass is 10.2. The van der Waals surface area contributed by atoms with Gasteiger partial charge in [-0.1, -0.05) is 30.3 Å². The first-order valence-electron chi connectivity index (χ1n) is 6.88. The fraction of sp³-hybridized carbons (Fsp3) is 0.125. The van der Waals surface area contributed by atoms with Crippen LogP contribution in [0.2, 0.25) is 0 Å². The maximum absolute atomic E-state index is 11.9. The number of hydrogen-bond acceptors (Lipinski definition) is 5. The lowest BCUT2D eigenvalue weighted by Crippen LogP contribution is -2.09. The van der Waals surface area contributed by atoms with Gasteiger partial charge in [-0.3, -0.25) is 4.79 Å². The summed E-state index contributed by atoms with van der Waals surface area (Å²) < 4.78 is 5.72. The molecule has 0 aliphatic rings. The van der Waals surface area contributed by atoms with E-state index in [0.29, 0.717) is 10.4 Å². The van der Waals surface area contributed by atoms with Crippen molar-refractivity contribution in [3.63, 3.8) is 0 Å². The third-order valence-corrected chi connectivity index (χ3v) is 3.32. The van der Waals surface area contributed by atoms with Gasteiger partial charge < -0.3 is 9.72 Å². The summed E-state index contributed by atoms with van der Waals surface area (Å²) in [5.74, 6) is 0.288. The van der Waals surface area contributed by atoms with E-state index in [2.05, 4.69) is 14.8 Å². The van der Waals surface area contributed by atoms with Crippen LogP contribution in [0.5, 0.6) is 5.75 Å². The quantitative estimate of drug-likeness (QED) is 0.732. The van der Waals surface area contributed by atoms with Crippen LogP contribution >= 0.6 is 0 Å². The molecule has 0 aliphatic carbocycles. The van der Waals surface area contributed by atoms with Gasteiger partial charge in [-0.2, -0.15) is 0 Å². The molecular formula is C16H14N3O4+. The molecule has 1 aromatic heterocycles. The van der Waals surface area contributed by atoms with Gasteiger partial charge in [0.25, 0.3) is 10.5 Å². The van der Waals surface area contributed by atoms with Gasteiger partial charge in [0.2, 0.25) is 5.75 Å². The zero-order valence-electron chi connectivity index (χ0n) is 12.4. The van der Waals surface area contributed by atoms with Gasteiger partial charge in [-0.25, -0.2) is 9.82 Å². The third kappa shape index (κ3) is 3.03. The molecule has 0 aliphatic heterocycles. The van der Waals surface area contributed by atoms with Crippen molar-refractivity contribution in [1.29, 1.82) is 0 Å². The molecule has 0 radical (unpaired) electrons. The van der Waals surface area contributed by atoms with Gasteiger partial charge in [0.05, 0.1) is 22.1 Å². The molecule has 7 nitrogen and oxygen atoms in total. The molecule has 0 amide bonds. The van der Waals surface area contributed by atoms with E-state index < -0.39 is 0 Å². The number of H-pyrrole nitrogens is 1. The van der Waals surface area contributed by atoms with Gasteiger partial charge in [0.15, 0.2) is 7.11 Å². The molecule has 1 heterocycles. The van der Waals surface area contributed by atoms with Crippen LogP contribution in [0.25, 0.3) is 10.9 Å². The average Bonchev–Trinajstić information content (AvgIpc) is 2.60. The minimum Gasteiger partial charge on any atom is -0.482 e. The second kappa shape index (κ2) is 6.27. The van der Waals surface area contributed by atoms with Crippen molar-refractivity contribution in [3.05, 3.63) is 69.6 Å². The molecule has 0 spiro atoms. The predicted molar refractivity (Wildman–Crippen MR) is 83.4 cm³/mol. The smallest absolute Gasteiger partial charge is 0.359 e. The first-order valence-corrected chi connectivity index (χ1v) is 6.88. The number of fused-ring (bicyclic) bond motifs is 1. The standard InChI is InChI=1S/C16H13N3O4/c1-22-19(21)14-7-12-13(17-10-18-16(12)20)8-15(14)23-9-11-5-3-2-4-6-11/h2-8,10H,9H2,1H3/p+1. The molecule has 0 bridgehead atoms. The number of ether oxygens (including phenoxy) is 1. The van der Waals surface area contributed by atoms with Crippen molar-refractivity contribution in [2.75, 3.05) is 7.11 Å². The highest BCUT2D eigenvalue weighted by Crippen LogP contribution is 2.31. The molecule has 0 saturated heterocycles. The summed E-state index contributed by atoms with van der Waals surface area (Å²) in [4.78, 5) is 35.3. The van der Waals surface area contributed by atoms with Crippen LogP contribution in [0.15, 0.2) is 53.6 Å². The number of rotatable bonds is 5. The highest BCUT2D eigenvalue weighted by molar-refractivity contribution is 5.82. The zero-order valence-corrected chi connectivity index (χ0v) is 12.4. The number of aromatic amines is 1. The molecule has 0 atom stereocenters. The first-order chi connectivity index (χ1) is 11.2. The second-order valence-corrected chi connectivity index (χ2v) is 4.78. The minimum atomic E-state index is -0.338. The predicted octanol–water partition coefficient (Wildman–Crippen LogP) is 2.47. The van der Waals surface area contributed by atoms with Gasteiger partial charge in [0.1, 0.15) is 6.61 Å². The number of nitrogens with zero attached hydrogens (tertiary/aromatic N) is 2. The summed E-state index contributed by atoms with van der Waals surface area (Å²) in [6, 6.07) is 12.5. The van der Waals surface area contributed by atoms with Crippen molar-refractivity contribution < 1.29 is 14.5 Å². The second-order valence-electron chi connectivity index (χ2n) is 4.78. The molecule has 1 N–H and O–H groups in total. The van der Waals surface area contributed by atoms with E-state index in [-0.39, 0.29) is 29.0 Å². The number of aromatic nitrogens is 2. The fourth-order valence-electron chi connectivity index (χ4n) is 2.18. The first kappa shape index (κ1) is 14.7. The van der Waals surface area contributed by atoms with Crippen LogP contribution in [-0.2, 0) is 11.4 Å². The van der Waals surface area contributed by atoms with E-state index in [0.717, 1.165) is 5.56 Å². The lowest BCUT2D eigenvalue weighted by molar-refractivity contribution is -0.736. The highest BCUT2D eigenvalue weighted by atomic mass is 16.8. The third-order valence-electron chi connectivity index (χ3n) is 3.32. The number of nitrogens with one attached hydrogen (secondary N) is 1. The summed E-state index contributed by atoms with van der Waals surface area (Å²) in [5, 5.41) is 0.285. The molecular weight excluding hydrogens is 298 g/mol. The van der Waals surface area contributed by atoms with Crippen LogP contribution in [0, 0.1) is 4.91 Å². The van der Waals surface area contributed by atoms with Gasteiger partial charge in [0, 0.05) is 12.1 Å². The van der Waals surface area contributed by atoms with Crippen LogP contribution in [0.1, 0.15) is 5.56 Å². The topological polar surface area (TPSA) is 84.3 Å². The van der Waals surface area contributed by atoms with Crippen LogP contribution < -0.4 is 10.3 Å². The van der Waals surface area contributed by atoms with E-state index in [1.807, 2.05) is 30.3 Å². The molecule has 0 fully saturated rings. The van der Waals surface area contributed by atoms with Crippen molar-refractivity contribution >= 4 is 16.6 Å². The van der Waals surface area contributed by atoms with E-state index in [1.165, 1.54) is 19.5 Å². The summed E-state index contributed by atoms with van der Waals surface area (Å²) in [7, 11) is 1.24. The Hall–Kier alpha value is -3.22. The number of benzene rings is 2. The maximum Gasteiger partial charge on any atom is 0.359 e. The maximum atomic E-state index is 11.9. The molecule has 116 valence electrons. The molecule has 7 heteroatoms. The zero-order chi connectivity index (χ0) is 16.2. The SMILES string of the molecule is CO[N+](=O)c1cc2c(=O)[nH]cnc2cc1OCc1ccccc1. The monoisotopic (exact) mass is 312 g/mol. The molecule has 2 aromatic carbocycles. The highest BCUT2D eigenvalue weighted by Gasteiger charge is 2.24. The van der Waals surface area contributed by atoms with Crippen molar-refractivity contribution in [3.8, 4) is 5.75 Å². The summed E-state index contributed by atoms with van der Waals surface area (Å²) in [6.45, 7) is 0.278. The van der Waals surface area contributed by atoms with Crippen molar-refractivity contribution in [2.24, 2.45) is 0 Å². The van der Waals surface area contributed by atoms with Gasteiger partial charge >= 0.3 is 5.69 Å². The van der Waals surface area contributed by atoms with E-state index >= 15 is 0 Å². The van der Waals surface area contributed by atoms with Crippen LogP contribution in [-0.4, -0.2) is 22.0 Å². The van der Waals surface area contributed by atoms with E-state index in [4.69, 9.17) is 4.74 Å². The van der Waals surface area contributed by atoms with Crippen molar-refractivity contribution in [2.45, 2.75) is 6.61 Å². The lowest BCUT2D eigenvalue weighted by Gasteiger charge is -2.07. The number of hydrogen-bond donors (Lipinski definition) is 1. The van der Waals surface area contributed by atoms with Gasteiger partial charge in [-0.05, 0) is 5.56 Å². The molecule has 3 aromatic rings.